The van der Waals surface area contributed by atoms with Crippen LogP contribution in [0.5, 0.6) is 5.75 Å². The molecule has 0 aromatic heterocycles. The highest BCUT2D eigenvalue weighted by Crippen LogP contribution is 2.30. The summed E-state index contributed by atoms with van der Waals surface area (Å²) < 4.78 is 18.6. The van der Waals surface area contributed by atoms with Crippen molar-refractivity contribution in [3.8, 4) is 5.75 Å². The molecule has 7 nitrogen and oxygen atoms in total. The van der Waals surface area contributed by atoms with E-state index in [9.17, 15) is 14.0 Å². The second kappa shape index (κ2) is 10.2. The fourth-order valence-electron chi connectivity index (χ4n) is 2.92. The largest absolute Gasteiger partial charge is 0.494 e. The van der Waals surface area contributed by atoms with E-state index in [1.165, 1.54) is 12.1 Å². The molecule has 0 spiro atoms. The van der Waals surface area contributed by atoms with Gasteiger partial charge < -0.3 is 10.5 Å². The topological polar surface area (TPSA) is 97.3 Å². The Kier molecular flexibility index (Phi) is 7.41. The summed E-state index contributed by atoms with van der Waals surface area (Å²) in [5.41, 5.74) is 7.65. The lowest BCUT2D eigenvalue weighted by atomic mass is 10.1. The third-order valence-electron chi connectivity index (χ3n) is 4.50. The number of thioether (sulfide) groups is 1. The summed E-state index contributed by atoms with van der Waals surface area (Å²) >= 11 is 0.995. The molecule has 2 aromatic rings. The Labute approximate surface area is 184 Å². The monoisotopic (exact) mass is 442 g/mol. The lowest BCUT2D eigenvalue weighted by Gasteiger charge is -2.15. The van der Waals surface area contributed by atoms with Crippen LogP contribution in [0.15, 0.2) is 58.7 Å². The number of carbonyl (C=O) groups excluding carboxylic acids is 2. The third kappa shape index (κ3) is 5.69. The standard InChI is InChI=1S/C22H23FN4O3S/c1-3-12-30-18-10-8-17(9-11-18)27-20(28)13-19(21(27)29)31-22(24)26-25-14(2)15-4-6-16(23)7-5-15/h4-11,19H,3,12-13H2,1-2H3,(H2,24,26)/b25-14+. The predicted octanol–water partition coefficient (Wildman–Crippen LogP) is 3.72. The number of nitrogens with two attached hydrogens (primary N) is 1. The van der Waals surface area contributed by atoms with E-state index in [2.05, 4.69) is 10.2 Å². The molecule has 0 bridgehead atoms. The van der Waals surface area contributed by atoms with Crippen molar-refractivity contribution in [2.75, 3.05) is 11.5 Å². The molecule has 2 amide bonds. The normalized spacial score (nSPS) is 17.4. The molecule has 1 aliphatic rings. The van der Waals surface area contributed by atoms with Gasteiger partial charge in [0.1, 0.15) is 16.8 Å². The van der Waals surface area contributed by atoms with Crippen molar-refractivity contribution in [3.63, 3.8) is 0 Å². The molecule has 2 aromatic carbocycles. The molecule has 0 aliphatic carbocycles. The summed E-state index contributed by atoms with van der Waals surface area (Å²) in [6, 6.07) is 12.7. The molecule has 1 fully saturated rings. The molecule has 2 N–H and O–H groups in total. The maximum atomic E-state index is 13.0. The van der Waals surface area contributed by atoms with E-state index in [1.54, 1.807) is 43.3 Å². The van der Waals surface area contributed by atoms with Gasteiger partial charge in [-0.25, -0.2) is 9.29 Å². The van der Waals surface area contributed by atoms with Crippen LogP contribution in [0, 0.1) is 5.82 Å². The zero-order valence-electron chi connectivity index (χ0n) is 17.2. The Balaban J connectivity index is 1.65. The number of imide groups is 1. The van der Waals surface area contributed by atoms with Crippen LogP contribution in [-0.2, 0) is 9.59 Å². The highest BCUT2D eigenvalue weighted by atomic mass is 32.2. The summed E-state index contributed by atoms with van der Waals surface area (Å²) in [5.74, 6) is -0.313. The summed E-state index contributed by atoms with van der Waals surface area (Å²) in [6.45, 7) is 4.33. The first-order valence-corrected chi connectivity index (χ1v) is 10.7. The summed E-state index contributed by atoms with van der Waals surface area (Å²) in [4.78, 5) is 26.4. The average Bonchev–Trinajstić information content (AvgIpc) is 3.04. The van der Waals surface area contributed by atoms with Gasteiger partial charge >= 0.3 is 0 Å². The van der Waals surface area contributed by atoms with Crippen LogP contribution in [0.25, 0.3) is 0 Å². The number of amides is 2. The molecule has 3 rings (SSSR count). The molecule has 31 heavy (non-hydrogen) atoms. The van der Waals surface area contributed by atoms with E-state index in [4.69, 9.17) is 10.5 Å². The van der Waals surface area contributed by atoms with E-state index in [0.717, 1.165) is 23.1 Å². The van der Waals surface area contributed by atoms with Gasteiger partial charge in [0.25, 0.3) is 0 Å². The van der Waals surface area contributed by atoms with Crippen LogP contribution < -0.4 is 15.4 Å². The van der Waals surface area contributed by atoms with Gasteiger partial charge in [0, 0.05) is 6.42 Å². The Hall–Kier alpha value is -3.20. The minimum atomic E-state index is -0.673. The van der Waals surface area contributed by atoms with Gasteiger partial charge in [0.05, 0.1) is 18.0 Å². The van der Waals surface area contributed by atoms with Crippen LogP contribution in [-0.4, -0.2) is 34.6 Å². The first-order chi connectivity index (χ1) is 14.9. The molecule has 0 radical (unpaired) electrons. The number of amidine groups is 1. The minimum absolute atomic E-state index is 0.0223. The first-order valence-electron chi connectivity index (χ1n) is 9.79. The quantitative estimate of drug-likeness (QED) is 0.305. The maximum Gasteiger partial charge on any atom is 0.247 e. The molecular formula is C22H23FN4O3S. The fourth-order valence-corrected chi connectivity index (χ4v) is 3.73. The van der Waals surface area contributed by atoms with Crippen molar-refractivity contribution in [2.24, 2.45) is 15.9 Å². The first kappa shape index (κ1) is 22.5. The predicted molar refractivity (Wildman–Crippen MR) is 121 cm³/mol. The van der Waals surface area contributed by atoms with Crippen molar-refractivity contribution in [3.05, 3.63) is 59.9 Å². The molecule has 0 saturated carbocycles. The molecule has 1 aliphatic heterocycles. The van der Waals surface area contributed by atoms with Crippen molar-refractivity contribution >= 4 is 40.1 Å². The molecule has 9 heteroatoms. The molecule has 1 heterocycles. The number of benzene rings is 2. The van der Waals surface area contributed by atoms with E-state index in [0.29, 0.717) is 29.3 Å². The minimum Gasteiger partial charge on any atom is -0.494 e. The zero-order chi connectivity index (χ0) is 22.4. The molecule has 1 unspecified atom stereocenters. The third-order valence-corrected chi connectivity index (χ3v) is 5.47. The Morgan fingerprint density at radius 1 is 1.16 bits per heavy atom. The van der Waals surface area contributed by atoms with Crippen molar-refractivity contribution in [1.82, 2.24) is 0 Å². The van der Waals surface area contributed by atoms with Gasteiger partial charge in [-0.3, -0.25) is 9.59 Å². The van der Waals surface area contributed by atoms with Crippen molar-refractivity contribution in [1.29, 1.82) is 0 Å². The second-order valence-electron chi connectivity index (χ2n) is 6.85. The van der Waals surface area contributed by atoms with Crippen molar-refractivity contribution < 1.29 is 18.7 Å². The molecule has 162 valence electrons. The van der Waals surface area contributed by atoms with Gasteiger partial charge in [-0.15, -0.1) is 5.10 Å². The zero-order valence-corrected chi connectivity index (χ0v) is 18.1. The lowest BCUT2D eigenvalue weighted by Crippen LogP contribution is -2.31. The van der Waals surface area contributed by atoms with Gasteiger partial charge in [-0.1, -0.05) is 30.8 Å². The molecule has 1 saturated heterocycles. The van der Waals surface area contributed by atoms with Gasteiger partial charge in [0.15, 0.2) is 5.17 Å². The number of nitrogens with zero attached hydrogens (tertiary/aromatic N) is 3. The number of ether oxygens (including phenoxy) is 1. The molecular weight excluding hydrogens is 419 g/mol. The Morgan fingerprint density at radius 3 is 2.48 bits per heavy atom. The van der Waals surface area contributed by atoms with E-state index < -0.39 is 5.25 Å². The number of hydrogen-bond acceptors (Lipinski definition) is 6. The highest BCUT2D eigenvalue weighted by molar-refractivity contribution is 8.14. The van der Waals surface area contributed by atoms with Crippen LogP contribution >= 0.6 is 11.8 Å². The highest BCUT2D eigenvalue weighted by Gasteiger charge is 2.40. The number of rotatable bonds is 7. The number of hydrogen-bond donors (Lipinski definition) is 1. The van der Waals surface area contributed by atoms with E-state index in [-0.39, 0.29) is 29.2 Å². The maximum absolute atomic E-state index is 13.0. The smallest absolute Gasteiger partial charge is 0.247 e. The fraction of sp³-hybridized carbons (Fsp3) is 0.273. The van der Waals surface area contributed by atoms with Crippen LogP contribution in [0.4, 0.5) is 10.1 Å². The number of anilines is 1. The van der Waals surface area contributed by atoms with Crippen LogP contribution in [0.1, 0.15) is 32.3 Å². The lowest BCUT2D eigenvalue weighted by molar-refractivity contribution is -0.121. The van der Waals surface area contributed by atoms with Crippen LogP contribution in [0.2, 0.25) is 0 Å². The number of halogens is 1. The SMILES string of the molecule is CCCOc1ccc(N2C(=O)CC(S/C(N)=N/N=C(\C)c3ccc(F)cc3)C2=O)cc1. The van der Waals surface area contributed by atoms with Gasteiger partial charge in [-0.05, 0) is 55.3 Å². The average molecular weight is 443 g/mol. The van der Waals surface area contributed by atoms with E-state index >= 15 is 0 Å². The van der Waals surface area contributed by atoms with Crippen LogP contribution in [0.3, 0.4) is 0 Å². The Morgan fingerprint density at radius 2 is 1.84 bits per heavy atom. The second-order valence-corrected chi connectivity index (χ2v) is 8.07. The van der Waals surface area contributed by atoms with Crippen molar-refractivity contribution in [2.45, 2.75) is 31.9 Å². The molecule has 1 atom stereocenters. The van der Waals surface area contributed by atoms with Gasteiger partial charge in [0.2, 0.25) is 11.8 Å². The summed E-state index contributed by atoms with van der Waals surface area (Å²) in [5, 5.41) is 7.37. The summed E-state index contributed by atoms with van der Waals surface area (Å²) in [6.07, 6.45) is 0.911. The Bertz CT molecular complexity index is 1010. The summed E-state index contributed by atoms with van der Waals surface area (Å²) in [7, 11) is 0. The van der Waals surface area contributed by atoms with Gasteiger partial charge in [-0.2, -0.15) is 5.10 Å². The van der Waals surface area contributed by atoms with E-state index in [1.807, 2.05) is 6.92 Å². The number of carbonyl (C=O) groups is 2.